The third kappa shape index (κ3) is 24.5. The molecule has 4 N–H and O–H groups in total. The van der Waals surface area contributed by atoms with Crippen LogP contribution in [0.15, 0.2) is 30.3 Å². The molecular weight excluding hydrogens is 525 g/mol. The van der Waals surface area contributed by atoms with E-state index in [1.165, 1.54) is 24.9 Å². The van der Waals surface area contributed by atoms with E-state index < -0.39 is 31.3 Å². The van der Waals surface area contributed by atoms with Gasteiger partial charge in [0.25, 0.3) is 0 Å². The van der Waals surface area contributed by atoms with E-state index in [0.717, 1.165) is 31.7 Å². The highest BCUT2D eigenvalue weighted by Crippen LogP contribution is 2.26. The Morgan fingerprint density at radius 3 is 1.84 bits per heavy atom. The van der Waals surface area contributed by atoms with Crippen molar-refractivity contribution in [3.05, 3.63) is 30.3 Å². The lowest BCUT2D eigenvalue weighted by Gasteiger charge is -2.38. The van der Waals surface area contributed by atoms with Gasteiger partial charge in [0, 0.05) is 1.43 Å². The van der Waals surface area contributed by atoms with Gasteiger partial charge in [0.15, 0.2) is 16.6 Å². The number of hydrogen-bond acceptors (Lipinski definition) is 6. The molecule has 0 bridgehead atoms. The standard InChI is InChI=1S/C14H38N2O2Si3.C13H20O2.2CH4.H2/c1-16-12-10-14-20(4,5)18-21(6,7)17-19(2,3)13-9-8-11-15;1-13(2,3)9-11(14)10-15-12-7-5-4-6-8-12;;;/h16H,8-15H2,1-7H3;4-8,11,14H,9-10H2,1-3H3;2*1H4;1H. The summed E-state index contributed by atoms with van der Waals surface area (Å²) in [6.07, 6.45) is 3.83. The van der Waals surface area contributed by atoms with Gasteiger partial charge < -0.3 is 29.1 Å². The third-order valence-corrected chi connectivity index (χ3v) is 17.0. The van der Waals surface area contributed by atoms with Crippen LogP contribution < -0.4 is 15.8 Å². The van der Waals surface area contributed by atoms with Crippen molar-refractivity contribution in [2.75, 3.05) is 26.7 Å². The van der Waals surface area contributed by atoms with Gasteiger partial charge in [-0.15, -0.1) is 0 Å². The number of aliphatic hydroxyl groups excluding tert-OH is 1. The highest BCUT2D eigenvalue weighted by molar-refractivity contribution is 6.87. The summed E-state index contributed by atoms with van der Waals surface area (Å²) in [5.74, 6) is 0.811. The van der Waals surface area contributed by atoms with Crippen LogP contribution >= 0.6 is 0 Å². The van der Waals surface area contributed by atoms with Crippen molar-refractivity contribution in [1.29, 1.82) is 0 Å². The number of hydrogen-bond donors (Lipinski definition) is 3. The summed E-state index contributed by atoms with van der Waals surface area (Å²) < 4.78 is 18.6. The summed E-state index contributed by atoms with van der Waals surface area (Å²) in [5, 5.41) is 12.9. The van der Waals surface area contributed by atoms with Crippen LogP contribution in [0.3, 0.4) is 0 Å². The maximum atomic E-state index is 9.72. The Balaban J connectivity index is -0.000000304. The van der Waals surface area contributed by atoms with E-state index in [4.69, 9.17) is 18.7 Å². The molecule has 0 aliphatic carbocycles. The molecule has 38 heavy (non-hydrogen) atoms. The van der Waals surface area contributed by atoms with Crippen LogP contribution in [-0.4, -0.2) is 63.2 Å². The van der Waals surface area contributed by atoms with Gasteiger partial charge >= 0.3 is 8.56 Å². The summed E-state index contributed by atoms with van der Waals surface area (Å²) in [6, 6.07) is 12.0. The molecule has 1 aromatic carbocycles. The topological polar surface area (TPSA) is 86.0 Å². The molecule has 0 heterocycles. The van der Waals surface area contributed by atoms with E-state index >= 15 is 0 Å². The molecule has 1 atom stereocenters. The molecule has 1 aromatic rings. The van der Waals surface area contributed by atoms with Gasteiger partial charge in [-0.1, -0.05) is 60.2 Å². The fourth-order valence-electron chi connectivity index (χ4n) is 4.31. The normalized spacial score (nSPS) is 12.9. The Hall–Kier alpha value is -0.529. The minimum atomic E-state index is -2.02. The number of aliphatic hydroxyl groups is 1. The molecule has 0 radical (unpaired) electrons. The first-order chi connectivity index (χ1) is 16.5. The van der Waals surface area contributed by atoms with E-state index in [1.807, 2.05) is 37.4 Å². The highest BCUT2D eigenvalue weighted by Gasteiger charge is 2.39. The largest absolute Gasteiger partial charge is 0.491 e. The quantitative estimate of drug-likeness (QED) is 0.134. The van der Waals surface area contributed by atoms with E-state index in [0.29, 0.717) is 6.61 Å². The van der Waals surface area contributed by atoms with Crippen molar-refractivity contribution in [3.63, 3.8) is 0 Å². The lowest BCUT2D eigenvalue weighted by molar-refractivity contribution is 0.0710. The van der Waals surface area contributed by atoms with Crippen LogP contribution in [0.2, 0.25) is 51.4 Å². The third-order valence-electron chi connectivity index (χ3n) is 5.52. The number of para-hydroxylation sites is 1. The van der Waals surface area contributed by atoms with Crippen molar-refractivity contribution < 1.29 is 19.5 Å². The monoisotopic (exact) mass is 592 g/mol. The van der Waals surface area contributed by atoms with Crippen molar-refractivity contribution in [1.82, 2.24) is 5.32 Å². The number of nitrogens with two attached hydrogens (primary N) is 1. The molecule has 0 saturated carbocycles. The Labute approximate surface area is 242 Å². The average Bonchev–Trinajstić information content (AvgIpc) is 2.71. The molecule has 230 valence electrons. The Kier molecular flexibility index (Phi) is 22.5. The van der Waals surface area contributed by atoms with Gasteiger partial charge in [0.05, 0.1) is 6.10 Å². The molecule has 0 fully saturated rings. The predicted octanol–water partition coefficient (Wildman–Crippen LogP) is 7.86. The first-order valence-electron chi connectivity index (χ1n) is 13.6. The van der Waals surface area contributed by atoms with Crippen molar-refractivity contribution >= 4 is 25.2 Å². The van der Waals surface area contributed by atoms with Crippen molar-refractivity contribution in [2.45, 2.75) is 119 Å². The van der Waals surface area contributed by atoms with Crippen molar-refractivity contribution in [3.8, 4) is 5.75 Å². The molecule has 0 saturated heterocycles. The Bertz CT molecular complexity index is 665. The predicted molar refractivity (Wildman–Crippen MR) is 179 cm³/mol. The maximum Gasteiger partial charge on any atom is 0.311 e. The first kappa shape index (κ1) is 41.9. The maximum absolute atomic E-state index is 9.72. The minimum Gasteiger partial charge on any atom is -0.491 e. The summed E-state index contributed by atoms with van der Waals surface area (Å²) in [6.45, 7) is 22.3. The lowest BCUT2D eigenvalue weighted by Crippen LogP contribution is -2.52. The van der Waals surface area contributed by atoms with Crippen molar-refractivity contribution in [2.24, 2.45) is 11.1 Å². The van der Waals surface area contributed by atoms with Gasteiger partial charge in [-0.2, -0.15) is 0 Å². The Morgan fingerprint density at radius 1 is 0.895 bits per heavy atom. The fraction of sp³-hybridized carbons (Fsp3) is 0.793. The summed E-state index contributed by atoms with van der Waals surface area (Å²) >= 11 is 0. The zero-order valence-electron chi connectivity index (χ0n) is 25.1. The van der Waals surface area contributed by atoms with Crippen LogP contribution in [0.4, 0.5) is 0 Å². The minimum absolute atomic E-state index is 0. The number of rotatable bonds is 16. The number of unbranched alkanes of at least 4 members (excludes halogenated alkanes) is 1. The van der Waals surface area contributed by atoms with Gasteiger partial charge in [-0.3, -0.25) is 0 Å². The average molecular weight is 593 g/mol. The van der Waals surface area contributed by atoms with Crippen LogP contribution in [0, 0.1) is 5.41 Å². The SMILES string of the molecule is C.C.CC(C)(C)CC(O)COc1ccccc1.CNCCC[Si](C)(C)O[Si](C)(C)O[Si](C)(C)CCCCN.[HH]. The number of nitrogens with one attached hydrogen (secondary N) is 1. The van der Waals surface area contributed by atoms with Crippen LogP contribution in [0.25, 0.3) is 0 Å². The second kappa shape index (κ2) is 20.4. The van der Waals surface area contributed by atoms with Gasteiger partial charge in [0.1, 0.15) is 12.4 Å². The molecule has 0 aromatic heterocycles. The summed E-state index contributed by atoms with van der Waals surface area (Å²) in [5.41, 5.74) is 5.72. The molecule has 0 amide bonds. The number of ether oxygens (including phenoxy) is 1. The molecule has 0 aliphatic heterocycles. The van der Waals surface area contributed by atoms with Gasteiger partial charge in [0.2, 0.25) is 0 Å². The number of benzene rings is 1. The van der Waals surface area contributed by atoms with E-state index in [2.05, 4.69) is 65.4 Å². The van der Waals surface area contributed by atoms with E-state index in [-0.39, 0.29) is 21.7 Å². The second-order valence-electron chi connectivity index (χ2n) is 12.6. The molecule has 9 heteroatoms. The van der Waals surface area contributed by atoms with Crippen LogP contribution in [0.5, 0.6) is 5.75 Å². The fourth-order valence-corrected chi connectivity index (χ4v) is 18.4. The molecule has 0 aliphatic rings. The first-order valence-corrected chi connectivity index (χ1v) is 22.7. The second-order valence-corrected chi connectivity index (χ2v) is 25.1. The van der Waals surface area contributed by atoms with E-state index in [9.17, 15) is 5.11 Å². The molecule has 1 rings (SSSR count). The lowest BCUT2D eigenvalue weighted by atomic mass is 9.89. The van der Waals surface area contributed by atoms with Crippen LogP contribution in [0.1, 0.15) is 62.7 Å². The zero-order chi connectivity index (χ0) is 27.9. The molecule has 1 unspecified atom stereocenters. The molecule has 0 spiro atoms. The summed E-state index contributed by atoms with van der Waals surface area (Å²) in [7, 11) is -3.25. The molecular formula is C29H68N2O4Si3. The summed E-state index contributed by atoms with van der Waals surface area (Å²) in [4.78, 5) is 0. The highest BCUT2D eigenvalue weighted by atomic mass is 28.5. The van der Waals surface area contributed by atoms with Crippen LogP contribution in [-0.2, 0) is 8.23 Å². The van der Waals surface area contributed by atoms with Gasteiger partial charge in [-0.25, -0.2) is 0 Å². The Morgan fingerprint density at radius 2 is 1.39 bits per heavy atom. The van der Waals surface area contributed by atoms with E-state index in [1.54, 1.807) is 0 Å². The van der Waals surface area contributed by atoms with Gasteiger partial charge in [-0.05, 0) is 108 Å². The smallest absolute Gasteiger partial charge is 0.311 e. The molecule has 6 nitrogen and oxygen atoms in total. The zero-order valence-corrected chi connectivity index (χ0v) is 28.1.